The Hall–Kier alpha value is -2.09. The summed E-state index contributed by atoms with van der Waals surface area (Å²) in [5.74, 6) is -2.25. The molecule has 66 valence electrons. The first-order valence-electron chi connectivity index (χ1n) is 3.28. The second-order valence-corrected chi connectivity index (χ2v) is 2.34. The van der Waals surface area contributed by atoms with Crippen LogP contribution in [0, 0.1) is 17.1 Å². The summed E-state index contributed by atoms with van der Waals surface area (Å²) in [7, 11) is 0. The molecule has 0 aliphatic carbocycles. The number of hydrogen-bond donors (Lipinski definition) is 2. The van der Waals surface area contributed by atoms with E-state index in [1.54, 1.807) is 6.07 Å². The molecule has 0 bridgehead atoms. The van der Waals surface area contributed by atoms with Gasteiger partial charge in [-0.1, -0.05) is 0 Å². The third-order valence-corrected chi connectivity index (χ3v) is 1.49. The normalized spacial score (nSPS) is 9.23. The van der Waals surface area contributed by atoms with E-state index < -0.39 is 23.0 Å². The first kappa shape index (κ1) is 9.00. The van der Waals surface area contributed by atoms with E-state index in [-0.39, 0.29) is 5.56 Å². The van der Waals surface area contributed by atoms with Gasteiger partial charge < -0.3 is 10.8 Å². The fourth-order valence-electron chi connectivity index (χ4n) is 0.859. The van der Waals surface area contributed by atoms with Crippen LogP contribution in [-0.4, -0.2) is 11.1 Å². The highest BCUT2D eigenvalue weighted by Gasteiger charge is 2.13. The van der Waals surface area contributed by atoms with Crippen molar-refractivity contribution in [1.82, 2.24) is 0 Å². The van der Waals surface area contributed by atoms with Crippen molar-refractivity contribution in [3.63, 3.8) is 0 Å². The van der Waals surface area contributed by atoms with Crippen LogP contribution in [0.2, 0.25) is 0 Å². The number of carbonyl (C=O) groups is 1. The summed E-state index contributed by atoms with van der Waals surface area (Å²) in [5, 5.41) is 17.0. The quantitative estimate of drug-likeness (QED) is 0.630. The van der Waals surface area contributed by atoms with Crippen molar-refractivity contribution < 1.29 is 14.3 Å². The van der Waals surface area contributed by atoms with Gasteiger partial charge in [0, 0.05) is 0 Å². The minimum Gasteiger partial charge on any atom is -0.478 e. The molecule has 0 heterocycles. The van der Waals surface area contributed by atoms with Crippen LogP contribution in [-0.2, 0) is 0 Å². The van der Waals surface area contributed by atoms with Gasteiger partial charge in [0.05, 0.1) is 22.9 Å². The van der Waals surface area contributed by atoms with Gasteiger partial charge in [-0.2, -0.15) is 5.26 Å². The average Bonchev–Trinajstić information content (AvgIpc) is 2.09. The summed E-state index contributed by atoms with van der Waals surface area (Å²) >= 11 is 0. The lowest BCUT2D eigenvalue weighted by atomic mass is 10.1. The summed E-state index contributed by atoms with van der Waals surface area (Å²) in [6, 6.07) is 3.55. The Morgan fingerprint density at radius 2 is 2.23 bits per heavy atom. The van der Waals surface area contributed by atoms with Crippen LogP contribution in [0.25, 0.3) is 0 Å². The van der Waals surface area contributed by atoms with Crippen molar-refractivity contribution in [2.45, 2.75) is 0 Å². The van der Waals surface area contributed by atoms with Crippen LogP contribution < -0.4 is 5.73 Å². The highest BCUT2D eigenvalue weighted by molar-refractivity contribution is 5.94. The van der Waals surface area contributed by atoms with E-state index in [0.717, 1.165) is 12.1 Å². The first-order valence-corrected chi connectivity index (χ1v) is 3.28. The number of aromatic carboxylic acids is 1. The number of nitrogens with zero attached hydrogens (tertiary/aromatic N) is 1. The maximum absolute atomic E-state index is 12.8. The van der Waals surface area contributed by atoms with Crippen molar-refractivity contribution in [3.8, 4) is 6.07 Å². The summed E-state index contributed by atoms with van der Waals surface area (Å²) in [6.07, 6.45) is 0. The van der Waals surface area contributed by atoms with Gasteiger partial charge in [-0.25, -0.2) is 9.18 Å². The molecule has 0 spiro atoms. The summed E-state index contributed by atoms with van der Waals surface area (Å²) in [6.45, 7) is 0. The van der Waals surface area contributed by atoms with Crippen LogP contribution >= 0.6 is 0 Å². The number of benzene rings is 1. The smallest absolute Gasteiger partial charge is 0.337 e. The predicted octanol–water partition coefficient (Wildman–Crippen LogP) is 0.978. The van der Waals surface area contributed by atoms with E-state index in [9.17, 15) is 9.18 Å². The maximum atomic E-state index is 12.8. The second-order valence-electron chi connectivity index (χ2n) is 2.34. The topological polar surface area (TPSA) is 87.1 Å². The molecule has 0 atom stereocenters. The van der Waals surface area contributed by atoms with Crippen LogP contribution in [0.3, 0.4) is 0 Å². The lowest BCUT2D eigenvalue weighted by Crippen LogP contribution is -2.05. The first-order chi connectivity index (χ1) is 6.06. The summed E-state index contributed by atoms with van der Waals surface area (Å²) < 4.78 is 12.8. The molecule has 0 aliphatic heterocycles. The average molecular weight is 180 g/mol. The fraction of sp³-hybridized carbons (Fsp3) is 0. The molecule has 1 rings (SSSR count). The molecule has 0 aliphatic rings. The van der Waals surface area contributed by atoms with Crippen molar-refractivity contribution in [1.29, 1.82) is 5.26 Å². The molecule has 0 radical (unpaired) electrons. The SMILES string of the molecule is N#Cc1cc(F)c(N)c(C(=O)O)c1. The van der Waals surface area contributed by atoms with E-state index in [4.69, 9.17) is 16.1 Å². The molecule has 13 heavy (non-hydrogen) atoms. The van der Waals surface area contributed by atoms with Crippen LogP contribution in [0.4, 0.5) is 10.1 Å². The number of carboxylic acid groups (broad SMARTS) is 1. The van der Waals surface area contributed by atoms with Crippen molar-refractivity contribution in [3.05, 3.63) is 29.1 Å². The minimum absolute atomic E-state index is 0.0656. The molecule has 0 saturated heterocycles. The largest absolute Gasteiger partial charge is 0.478 e. The number of nitrogens with two attached hydrogens (primary N) is 1. The Kier molecular flexibility index (Phi) is 2.15. The molecule has 0 aromatic heterocycles. The Morgan fingerprint density at radius 3 is 2.69 bits per heavy atom. The third kappa shape index (κ3) is 1.56. The molecule has 1 aromatic rings. The second kappa shape index (κ2) is 3.11. The molecule has 5 heteroatoms. The number of carboxylic acids is 1. The summed E-state index contributed by atoms with van der Waals surface area (Å²) in [4.78, 5) is 10.5. The number of nitriles is 1. The highest BCUT2D eigenvalue weighted by Crippen LogP contribution is 2.18. The highest BCUT2D eigenvalue weighted by atomic mass is 19.1. The van der Waals surface area contributed by atoms with E-state index >= 15 is 0 Å². The monoisotopic (exact) mass is 180 g/mol. The lowest BCUT2D eigenvalue weighted by molar-refractivity contribution is 0.0697. The molecule has 4 nitrogen and oxygen atoms in total. The zero-order valence-corrected chi connectivity index (χ0v) is 6.41. The Balaban J connectivity index is 3.44. The Morgan fingerprint density at radius 1 is 1.62 bits per heavy atom. The molecule has 0 fully saturated rings. The zero-order chi connectivity index (χ0) is 10.0. The number of hydrogen-bond acceptors (Lipinski definition) is 3. The van der Waals surface area contributed by atoms with Gasteiger partial charge in [0.2, 0.25) is 0 Å². The number of nitrogen functional groups attached to an aromatic ring is 1. The predicted molar refractivity (Wildman–Crippen MR) is 42.5 cm³/mol. The Bertz CT molecular complexity index is 409. The molecule has 0 saturated carbocycles. The Labute approximate surface area is 73.0 Å². The lowest BCUT2D eigenvalue weighted by Gasteiger charge is -2.01. The van der Waals surface area contributed by atoms with Crippen molar-refractivity contribution in [2.75, 3.05) is 5.73 Å². The van der Waals surface area contributed by atoms with Crippen molar-refractivity contribution in [2.24, 2.45) is 0 Å². The molecule has 3 N–H and O–H groups in total. The van der Waals surface area contributed by atoms with E-state index in [1.165, 1.54) is 0 Å². The molecule has 0 amide bonds. The van der Waals surface area contributed by atoms with Crippen LogP contribution in [0.5, 0.6) is 0 Å². The van der Waals surface area contributed by atoms with E-state index in [2.05, 4.69) is 0 Å². The zero-order valence-electron chi connectivity index (χ0n) is 6.41. The van der Waals surface area contributed by atoms with Gasteiger partial charge in [0.25, 0.3) is 0 Å². The van der Waals surface area contributed by atoms with Gasteiger partial charge in [0.1, 0.15) is 5.82 Å². The fourth-order valence-corrected chi connectivity index (χ4v) is 0.859. The van der Waals surface area contributed by atoms with Crippen LogP contribution in [0.15, 0.2) is 12.1 Å². The molecule has 1 aromatic carbocycles. The van der Waals surface area contributed by atoms with Gasteiger partial charge >= 0.3 is 5.97 Å². The number of rotatable bonds is 1. The number of anilines is 1. The van der Waals surface area contributed by atoms with Gasteiger partial charge in [-0.15, -0.1) is 0 Å². The van der Waals surface area contributed by atoms with Gasteiger partial charge in [-0.3, -0.25) is 0 Å². The van der Waals surface area contributed by atoms with Crippen LogP contribution in [0.1, 0.15) is 15.9 Å². The molecular weight excluding hydrogens is 175 g/mol. The minimum atomic E-state index is -1.35. The molecule has 0 unspecified atom stereocenters. The van der Waals surface area contributed by atoms with Crippen molar-refractivity contribution >= 4 is 11.7 Å². The number of halogens is 1. The summed E-state index contributed by atoms with van der Waals surface area (Å²) in [5.41, 5.74) is 4.23. The van der Waals surface area contributed by atoms with E-state index in [1.807, 2.05) is 0 Å². The van der Waals surface area contributed by atoms with E-state index in [0.29, 0.717) is 0 Å². The van der Waals surface area contributed by atoms with Gasteiger partial charge in [0.15, 0.2) is 0 Å². The van der Waals surface area contributed by atoms with Gasteiger partial charge in [-0.05, 0) is 12.1 Å². The molecular formula is C8H5FN2O2. The maximum Gasteiger partial charge on any atom is 0.337 e. The third-order valence-electron chi connectivity index (χ3n) is 1.49. The standard InChI is InChI=1S/C8H5FN2O2/c9-6-2-4(3-10)1-5(7(6)11)8(12)13/h1-2H,11H2,(H,12,13).